The molecule has 2 N–H and O–H groups in total. The van der Waals surface area contributed by atoms with Crippen LogP contribution in [0, 0.1) is 20.8 Å². The molecule has 1 aromatic rings. The Kier molecular flexibility index (Phi) is 7.45. The summed E-state index contributed by atoms with van der Waals surface area (Å²) >= 11 is 0. The van der Waals surface area contributed by atoms with Crippen LogP contribution in [0.15, 0.2) is 17.2 Å². The maximum absolute atomic E-state index is 12.1. The van der Waals surface area contributed by atoms with Gasteiger partial charge >= 0.3 is 0 Å². The van der Waals surface area contributed by atoms with E-state index in [1.807, 2.05) is 39.8 Å². The number of amides is 2. The van der Waals surface area contributed by atoms with Crippen molar-refractivity contribution in [2.24, 2.45) is 5.10 Å². The van der Waals surface area contributed by atoms with Gasteiger partial charge in [-0.1, -0.05) is 31.0 Å². The fourth-order valence-electron chi connectivity index (χ4n) is 2.38. The topological polar surface area (TPSA) is 70.6 Å². The molecular weight excluding hydrogens is 290 g/mol. The maximum Gasteiger partial charge on any atom is 0.240 e. The Morgan fingerprint density at radius 1 is 1.09 bits per heavy atom. The van der Waals surface area contributed by atoms with Gasteiger partial charge in [-0.3, -0.25) is 9.59 Å². The van der Waals surface area contributed by atoms with E-state index in [0.29, 0.717) is 12.1 Å². The Morgan fingerprint density at radius 3 is 2.26 bits per heavy atom. The second kappa shape index (κ2) is 9.08. The lowest BCUT2D eigenvalue weighted by Crippen LogP contribution is -2.21. The number of aryl methyl sites for hydroxylation is 3. The highest BCUT2D eigenvalue weighted by Crippen LogP contribution is 2.22. The van der Waals surface area contributed by atoms with Crippen LogP contribution in [0.25, 0.3) is 0 Å². The van der Waals surface area contributed by atoms with E-state index >= 15 is 0 Å². The molecule has 0 aliphatic rings. The summed E-state index contributed by atoms with van der Waals surface area (Å²) in [5.74, 6) is -0.249. The molecule has 0 bridgehead atoms. The summed E-state index contributed by atoms with van der Waals surface area (Å²) in [7, 11) is 0. The number of nitrogens with zero attached hydrogens (tertiary/aromatic N) is 1. The minimum absolute atomic E-state index is 0.114. The van der Waals surface area contributed by atoms with E-state index in [1.165, 1.54) is 5.56 Å². The highest BCUT2D eigenvalue weighted by Gasteiger charge is 2.09. The Hall–Kier alpha value is -2.17. The molecule has 1 aromatic carbocycles. The standard InChI is InChI=1S/C18H27N3O2/c1-6-7-8-16(22)21-20-15(5)11-17(23)19-18-13(3)9-12(2)10-14(18)4/h9-10H,6-8,11H2,1-5H3,(H,19,23)(H,21,22). The minimum Gasteiger partial charge on any atom is -0.325 e. The van der Waals surface area contributed by atoms with E-state index in [9.17, 15) is 9.59 Å². The lowest BCUT2D eigenvalue weighted by Gasteiger charge is -2.12. The summed E-state index contributed by atoms with van der Waals surface area (Å²) in [5, 5.41) is 6.90. The van der Waals surface area contributed by atoms with Crippen molar-refractivity contribution in [2.45, 2.75) is 60.3 Å². The van der Waals surface area contributed by atoms with E-state index in [1.54, 1.807) is 6.92 Å². The van der Waals surface area contributed by atoms with Crippen molar-refractivity contribution in [1.82, 2.24) is 5.43 Å². The number of hydrazone groups is 1. The monoisotopic (exact) mass is 317 g/mol. The van der Waals surface area contributed by atoms with Crippen LogP contribution in [0.2, 0.25) is 0 Å². The molecule has 0 aromatic heterocycles. The molecule has 5 nitrogen and oxygen atoms in total. The van der Waals surface area contributed by atoms with Gasteiger partial charge in [0.2, 0.25) is 11.8 Å². The van der Waals surface area contributed by atoms with Gasteiger partial charge in [-0.15, -0.1) is 0 Å². The third-order valence-corrected chi connectivity index (χ3v) is 3.49. The summed E-state index contributed by atoms with van der Waals surface area (Å²) in [6, 6.07) is 4.08. The highest BCUT2D eigenvalue weighted by atomic mass is 16.2. The van der Waals surface area contributed by atoms with E-state index in [0.717, 1.165) is 29.7 Å². The van der Waals surface area contributed by atoms with Gasteiger partial charge < -0.3 is 5.32 Å². The summed E-state index contributed by atoms with van der Waals surface area (Å²) in [6.45, 7) is 9.74. The van der Waals surface area contributed by atoms with Crippen LogP contribution < -0.4 is 10.7 Å². The molecule has 5 heteroatoms. The lowest BCUT2D eigenvalue weighted by molar-refractivity contribution is -0.121. The molecule has 0 heterocycles. The predicted octanol–water partition coefficient (Wildman–Crippen LogP) is 3.62. The number of rotatable bonds is 7. The molecule has 0 saturated carbocycles. The van der Waals surface area contributed by atoms with Crippen LogP contribution in [0.4, 0.5) is 5.69 Å². The molecule has 0 saturated heterocycles. The van der Waals surface area contributed by atoms with Gasteiger partial charge in [0.05, 0.1) is 6.42 Å². The Balaban J connectivity index is 2.58. The van der Waals surface area contributed by atoms with Gasteiger partial charge in [-0.05, 0) is 45.2 Å². The number of nitrogens with one attached hydrogen (secondary N) is 2. The average molecular weight is 317 g/mol. The van der Waals surface area contributed by atoms with Crippen molar-refractivity contribution in [3.05, 3.63) is 28.8 Å². The number of anilines is 1. The van der Waals surface area contributed by atoms with E-state index in [4.69, 9.17) is 0 Å². The number of carbonyl (C=O) groups excluding carboxylic acids is 2. The second-order valence-corrected chi connectivity index (χ2v) is 5.98. The Bertz CT molecular complexity index is 583. The first kappa shape index (κ1) is 18.9. The van der Waals surface area contributed by atoms with Crippen LogP contribution in [-0.4, -0.2) is 17.5 Å². The minimum atomic E-state index is -0.135. The summed E-state index contributed by atoms with van der Waals surface area (Å²) in [4.78, 5) is 23.6. The smallest absolute Gasteiger partial charge is 0.240 e. The van der Waals surface area contributed by atoms with Crippen LogP contribution in [0.5, 0.6) is 0 Å². The molecule has 0 unspecified atom stereocenters. The van der Waals surface area contributed by atoms with Crippen LogP contribution in [0.1, 0.15) is 56.2 Å². The van der Waals surface area contributed by atoms with E-state index < -0.39 is 0 Å². The quantitative estimate of drug-likeness (QED) is 0.595. The zero-order chi connectivity index (χ0) is 17.4. The molecular formula is C18H27N3O2. The zero-order valence-electron chi connectivity index (χ0n) is 14.7. The van der Waals surface area contributed by atoms with E-state index in [-0.39, 0.29) is 18.2 Å². The van der Waals surface area contributed by atoms with Crippen molar-refractivity contribution in [1.29, 1.82) is 0 Å². The first-order valence-electron chi connectivity index (χ1n) is 8.03. The SMILES string of the molecule is CCCCC(=O)NN=C(C)CC(=O)Nc1c(C)cc(C)cc1C. The van der Waals surface area contributed by atoms with Crippen molar-refractivity contribution in [3.63, 3.8) is 0 Å². The van der Waals surface area contributed by atoms with Crippen molar-refractivity contribution < 1.29 is 9.59 Å². The number of benzene rings is 1. The van der Waals surface area contributed by atoms with Crippen LogP contribution >= 0.6 is 0 Å². The van der Waals surface area contributed by atoms with Gasteiger partial charge in [0.15, 0.2) is 0 Å². The molecule has 23 heavy (non-hydrogen) atoms. The molecule has 0 atom stereocenters. The molecule has 0 aliphatic heterocycles. The second-order valence-electron chi connectivity index (χ2n) is 5.98. The molecule has 2 amide bonds. The molecule has 0 aliphatic carbocycles. The summed E-state index contributed by atoms with van der Waals surface area (Å²) in [6.07, 6.45) is 2.42. The van der Waals surface area contributed by atoms with Gasteiger partial charge in [0.25, 0.3) is 0 Å². The van der Waals surface area contributed by atoms with Crippen molar-refractivity contribution in [2.75, 3.05) is 5.32 Å². The van der Waals surface area contributed by atoms with Crippen LogP contribution in [-0.2, 0) is 9.59 Å². The molecule has 0 radical (unpaired) electrons. The molecule has 0 spiro atoms. The lowest BCUT2D eigenvalue weighted by atomic mass is 10.0. The number of hydrogen-bond acceptors (Lipinski definition) is 3. The summed E-state index contributed by atoms with van der Waals surface area (Å²) in [5.41, 5.74) is 7.16. The van der Waals surface area contributed by atoms with Crippen molar-refractivity contribution in [3.8, 4) is 0 Å². The van der Waals surface area contributed by atoms with Crippen LogP contribution in [0.3, 0.4) is 0 Å². The zero-order valence-corrected chi connectivity index (χ0v) is 14.7. The molecule has 1 rings (SSSR count). The first-order chi connectivity index (χ1) is 10.8. The number of carbonyl (C=O) groups is 2. The van der Waals surface area contributed by atoms with Crippen molar-refractivity contribution >= 4 is 23.2 Å². The third kappa shape index (κ3) is 6.63. The fraction of sp³-hybridized carbons (Fsp3) is 0.500. The number of hydrogen-bond donors (Lipinski definition) is 2. The highest BCUT2D eigenvalue weighted by molar-refractivity contribution is 6.06. The summed E-state index contributed by atoms with van der Waals surface area (Å²) < 4.78 is 0. The number of unbranched alkanes of at least 4 members (excludes halogenated alkanes) is 1. The molecule has 126 valence electrons. The Labute approximate surface area is 138 Å². The van der Waals surface area contributed by atoms with Gasteiger partial charge in [0.1, 0.15) is 0 Å². The normalized spacial score (nSPS) is 11.3. The van der Waals surface area contributed by atoms with Gasteiger partial charge in [-0.2, -0.15) is 5.10 Å². The molecule has 0 fully saturated rings. The largest absolute Gasteiger partial charge is 0.325 e. The fourth-order valence-corrected chi connectivity index (χ4v) is 2.38. The first-order valence-corrected chi connectivity index (χ1v) is 8.03. The third-order valence-electron chi connectivity index (χ3n) is 3.49. The van der Waals surface area contributed by atoms with E-state index in [2.05, 4.69) is 15.8 Å². The predicted molar refractivity (Wildman–Crippen MR) is 94.7 cm³/mol. The maximum atomic E-state index is 12.1. The Morgan fingerprint density at radius 2 is 1.70 bits per heavy atom. The van der Waals surface area contributed by atoms with Gasteiger partial charge in [0, 0.05) is 17.8 Å². The average Bonchev–Trinajstić information content (AvgIpc) is 2.46. The van der Waals surface area contributed by atoms with Gasteiger partial charge in [-0.25, -0.2) is 5.43 Å².